The summed E-state index contributed by atoms with van der Waals surface area (Å²) in [6.07, 6.45) is 2.27. The molecule has 1 rings (SSSR count). The van der Waals surface area contributed by atoms with Gasteiger partial charge in [-0.3, -0.25) is 19.3 Å². The van der Waals surface area contributed by atoms with Crippen molar-refractivity contribution in [3.05, 3.63) is 23.9 Å². The van der Waals surface area contributed by atoms with Crippen molar-refractivity contribution < 1.29 is 19.1 Å². The summed E-state index contributed by atoms with van der Waals surface area (Å²) in [6.45, 7) is 14.0. The van der Waals surface area contributed by atoms with Crippen LogP contribution in [0, 0.1) is 17.8 Å². The molecule has 9 nitrogen and oxygen atoms in total. The van der Waals surface area contributed by atoms with Crippen LogP contribution in [0.5, 0.6) is 0 Å². The number of anilines is 1. The van der Waals surface area contributed by atoms with Crippen LogP contribution in [0.25, 0.3) is 0 Å². The van der Waals surface area contributed by atoms with E-state index in [1.807, 2.05) is 45.7 Å². The third kappa shape index (κ3) is 9.38. The Morgan fingerprint density at radius 3 is 2.19 bits per heavy atom. The lowest BCUT2D eigenvalue weighted by atomic mass is 9.89. The van der Waals surface area contributed by atoms with Gasteiger partial charge < -0.3 is 20.7 Å². The molecule has 0 aliphatic carbocycles. The van der Waals surface area contributed by atoms with Crippen LogP contribution >= 0.6 is 0 Å². The van der Waals surface area contributed by atoms with Crippen molar-refractivity contribution >= 4 is 23.4 Å². The van der Waals surface area contributed by atoms with Crippen LogP contribution in [-0.2, 0) is 25.7 Å². The minimum Gasteiger partial charge on any atom is -0.384 e. The van der Waals surface area contributed by atoms with Gasteiger partial charge in [-0.1, -0.05) is 48.0 Å². The Kier molecular flexibility index (Phi) is 13.2. The number of hydrogen-bond acceptors (Lipinski definition) is 7. The maximum Gasteiger partial charge on any atom is 0.245 e. The molecular weight excluding hydrogens is 470 g/mol. The van der Waals surface area contributed by atoms with Gasteiger partial charge >= 0.3 is 0 Å². The normalized spacial score (nSPS) is 15.8. The second-order valence-corrected chi connectivity index (χ2v) is 10.9. The lowest BCUT2D eigenvalue weighted by Crippen LogP contribution is -2.59. The number of ether oxygens (including phenoxy) is 1. The Hall–Kier alpha value is -2.52. The fourth-order valence-corrected chi connectivity index (χ4v) is 4.98. The molecule has 37 heavy (non-hydrogen) atoms. The lowest BCUT2D eigenvalue weighted by molar-refractivity contribution is -0.144. The highest BCUT2D eigenvalue weighted by molar-refractivity contribution is 5.90. The summed E-state index contributed by atoms with van der Waals surface area (Å²) in [5, 5.41) is 3.05. The Morgan fingerprint density at radius 2 is 1.73 bits per heavy atom. The number of Topliss-reactive ketones (excluding diaryl/α,β-unsaturated/α-hetero) is 1. The molecule has 9 heteroatoms. The largest absolute Gasteiger partial charge is 0.384 e. The van der Waals surface area contributed by atoms with Gasteiger partial charge in [-0.2, -0.15) is 0 Å². The SMILES string of the molecule is CCC(C)C(C(CC(C)=O)OC)N(C)C(=O)C(NC(=O)C(C(C)C)N(C)Cc1ccnc(N)c1)C(C)C. The van der Waals surface area contributed by atoms with Gasteiger partial charge in [0.15, 0.2) is 0 Å². The number of hydrogen-bond donors (Lipinski definition) is 2. The number of likely N-dealkylation sites (N-methyl/N-ethyl adjacent to an activating group) is 2. The maximum atomic E-state index is 13.8. The number of carbonyl (C=O) groups is 3. The number of amides is 2. The van der Waals surface area contributed by atoms with Gasteiger partial charge in [-0.05, 0) is 49.4 Å². The van der Waals surface area contributed by atoms with Crippen molar-refractivity contribution in [1.82, 2.24) is 20.1 Å². The van der Waals surface area contributed by atoms with Crippen LogP contribution in [0.15, 0.2) is 18.3 Å². The molecule has 0 aliphatic rings. The van der Waals surface area contributed by atoms with Crippen LogP contribution in [0.1, 0.15) is 66.9 Å². The zero-order chi connectivity index (χ0) is 28.4. The van der Waals surface area contributed by atoms with E-state index in [1.165, 1.54) is 6.92 Å². The predicted octanol–water partition coefficient (Wildman–Crippen LogP) is 3.13. The number of nitrogen functional groups attached to an aromatic ring is 1. The number of nitrogens with one attached hydrogen (secondary N) is 1. The quantitative estimate of drug-likeness (QED) is 0.365. The van der Waals surface area contributed by atoms with Crippen molar-refractivity contribution in [2.45, 2.75) is 92.1 Å². The Labute approximate surface area is 223 Å². The molecule has 3 N–H and O–H groups in total. The maximum absolute atomic E-state index is 13.8. The topological polar surface area (TPSA) is 118 Å². The molecule has 5 unspecified atom stereocenters. The molecule has 2 amide bonds. The van der Waals surface area contributed by atoms with E-state index in [0.29, 0.717) is 12.4 Å². The van der Waals surface area contributed by atoms with Crippen LogP contribution in [0.2, 0.25) is 0 Å². The first-order valence-electron chi connectivity index (χ1n) is 13.2. The van der Waals surface area contributed by atoms with Gasteiger partial charge in [-0.15, -0.1) is 0 Å². The average Bonchev–Trinajstić information content (AvgIpc) is 2.80. The Morgan fingerprint density at radius 1 is 1.11 bits per heavy atom. The molecule has 1 aromatic heterocycles. The van der Waals surface area contributed by atoms with Crippen LogP contribution < -0.4 is 11.1 Å². The van der Waals surface area contributed by atoms with Crippen molar-refractivity contribution in [1.29, 1.82) is 0 Å². The van der Waals surface area contributed by atoms with E-state index in [2.05, 4.69) is 24.1 Å². The first-order chi connectivity index (χ1) is 17.2. The first-order valence-corrected chi connectivity index (χ1v) is 13.2. The Balaban J connectivity index is 3.18. The molecule has 0 radical (unpaired) electrons. The van der Waals surface area contributed by atoms with Crippen molar-refractivity contribution in [3.63, 3.8) is 0 Å². The summed E-state index contributed by atoms with van der Waals surface area (Å²) >= 11 is 0. The number of methoxy groups -OCH3 is 1. The number of aromatic nitrogens is 1. The second kappa shape index (κ2) is 15.0. The van der Waals surface area contributed by atoms with Gasteiger partial charge in [0.05, 0.1) is 18.2 Å². The Bertz CT molecular complexity index is 891. The average molecular weight is 520 g/mol. The highest BCUT2D eigenvalue weighted by Gasteiger charge is 2.38. The predicted molar refractivity (Wildman–Crippen MR) is 148 cm³/mol. The number of nitrogens with zero attached hydrogens (tertiary/aromatic N) is 3. The molecule has 210 valence electrons. The smallest absolute Gasteiger partial charge is 0.245 e. The fraction of sp³-hybridized carbons (Fsp3) is 0.714. The van der Waals surface area contributed by atoms with E-state index in [-0.39, 0.29) is 47.8 Å². The molecule has 1 aromatic rings. The summed E-state index contributed by atoms with van der Waals surface area (Å²) in [6, 6.07) is 2.20. The fourth-order valence-electron chi connectivity index (χ4n) is 4.98. The van der Waals surface area contributed by atoms with Crippen LogP contribution in [-0.4, -0.2) is 77.8 Å². The summed E-state index contributed by atoms with van der Waals surface area (Å²) in [5.74, 6) is 0.0190. The van der Waals surface area contributed by atoms with E-state index < -0.39 is 18.2 Å². The molecule has 0 aliphatic heterocycles. The van der Waals surface area contributed by atoms with Gasteiger partial charge in [0.25, 0.3) is 0 Å². The third-order valence-electron chi connectivity index (χ3n) is 7.08. The zero-order valence-corrected chi connectivity index (χ0v) is 24.4. The molecule has 5 atom stereocenters. The summed E-state index contributed by atoms with van der Waals surface area (Å²) in [7, 11) is 5.21. The van der Waals surface area contributed by atoms with Gasteiger partial charge in [-0.25, -0.2) is 4.98 Å². The van der Waals surface area contributed by atoms with E-state index >= 15 is 0 Å². The third-order valence-corrected chi connectivity index (χ3v) is 7.08. The van der Waals surface area contributed by atoms with E-state index in [0.717, 1.165) is 12.0 Å². The summed E-state index contributed by atoms with van der Waals surface area (Å²) in [5.41, 5.74) is 6.78. The van der Waals surface area contributed by atoms with Crippen molar-refractivity contribution in [2.24, 2.45) is 17.8 Å². The van der Waals surface area contributed by atoms with E-state index in [9.17, 15) is 14.4 Å². The minimum atomic E-state index is -0.717. The highest BCUT2D eigenvalue weighted by Crippen LogP contribution is 2.24. The molecule has 1 heterocycles. The summed E-state index contributed by atoms with van der Waals surface area (Å²) in [4.78, 5) is 47.0. The molecular formula is C28H49N5O4. The number of rotatable bonds is 15. The van der Waals surface area contributed by atoms with Gasteiger partial charge in [0, 0.05) is 33.3 Å². The lowest BCUT2D eigenvalue weighted by Gasteiger charge is -2.40. The number of pyridine rings is 1. The zero-order valence-electron chi connectivity index (χ0n) is 24.4. The standard InChI is InChI=1S/C28H49N5O4/c1-11-19(6)26(22(37-10)14-20(7)34)33(9)28(36)24(17(2)3)31-27(35)25(18(4)5)32(8)16-21-12-13-30-23(29)15-21/h12-13,15,17-19,22,24-26H,11,14,16H2,1-10H3,(H2,29,30)(H,31,35). The number of ketones is 1. The number of carbonyl (C=O) groups excluding carboxylic acids is 3. The minimum absolute atomic E-state index is 0.00567. The van der Waals surface area contributed by atoms with E-state index in [1.54, 1.807) is 31.3 Å². The van der Waals surface area contributed by atoms with E-state index in [4.69, 9.17) is 10.5 Å². The van der Waals surface area contributed by atoms with Gasteiger partial charge in [0.2, 0.25) is 11.8 Å². The van der Waals surface area contributed by atoms with Crippen molar-refractivity contribution in [3.8, 4) is 0 Å². The first kappa shape index (κ1) is 32.5. The molecule has 0 fully saturated rings. The monoisotopic (exact) mass is 519 g/mol. The highest BCUT2D eigenvalue weighted by atomic mass is 16.5. The molecule has 0 saturated heterocycles. The summed E-state index contributed by atoms with van der Waals surface area (Å²) < 4.78 is 5.68. The van der Waals surface area contributed by atoms with Gasteiger partial charge in [0.1, 0.15) is 17.6 Å². The number of nitrogens with two attached hydrogens (primary N) is 1. The molecule has 0 spiro atoms. The van der Waals surface area contributed by atoms with Crippen LogP contribution in [0.4, 0.5) is 5.82 Å². The molecule has 0 saturated carbocycles. The van der Waals surface area contributed by atoms with Crippen LogP contribution in [0.3, 0.4) is 0 Å². The van der Waals surface area contributed by atoms with Crippen molar-refractivity contribution in [2.75, 3.05) is 26.9 Å². The second-order valence-electron chi connectivity index (χ2n) is 10.9. The molecule has 0 aromatic carbocycles. The molecule has 0 bridgehead atoms.